The van der Waals surface area contributed by atoms with Crippen molar-refractivity contribution in [1.29, 1.82) is 0 Å². The van der Waals surface area contributed by atoms with Crippen LogP contribution in [0.1, 0.15) is 48.4 Å². The molecule has 0 bridgehead atoms. The Balaban J connectivity index is 1.61. The van der Waals surface area contributed by atoms with Crippen LogP contribution in [0.5, 0.6) is 0 Å². The number of nitrogens with one attached hydrogen (secondary N) is 1. The Bertz CT molecular complexity index is 1100. The number of benzene rings is 2. The van der Waals surface area contributed by atoms with E-state index in [9.17, 15) is 23.1 Å². The van der Waals surface area contributed by atoms with Gasteiger partial charge in [0.1, 0.15) is 12.7 Å². The number of aliphatic hydroxyl groups excluding tert-OH is 1. The molecule has 0 aliphatic heterocycles. The fourth-order valence-electron chi connectivity index (χ4n) is 3.06. The van der Waals surface area contributed by atoms with Crippen LogP contribution >= 0.6 is 0 Å². The number of rotatable bonds is 8. The monoisotopic (exact) mass is 475 g/mol. The van der Waals surface area contributed by atoms with Gasteiger partial charge in [0, 0.05) is 6.08 Å². The van der Waals surface area contributed by atoms with Gasteiger partial charge in [-0.15, -0.1) is 0 Å². The molecule has 0 spiro atoms. The van der Waals surface area contributed by atoms with Crippen molar-refractivity contribution in [2.45, 2.75) is 38.8 Å². The predicted octanol–water partition coefficient (Wildman–Crippen LogP) is 5.24. The Morgan fingerprint density at radius 2 is 1.79 bits per heavy atom. The van der Waals surface area contributed by atoms with Gasteiger partial charge in [-0.2, -0.15) is 18.2 Å². The molecular weight excluding hydrogens is 451 g/mol. The first-order chi connectivity index (χ1) is 16.1. The van der Waals surface area contributed by atoms with Gasteiger partial charge in [-0.25, -0.2) is 4.79 Å². The Kier molecular flexibility index (Phi) is 8.06. The minimum absolute atomic E-state index is 0.0445. The Labute approximate surface area is 194 Å². The van der Waals surface area contributed by atoms with Crippen molar-refractivity contribution in [3.63, 3.8) is 0 Å². The molecule has 1 unspecified atom stereocenters. The number of carbonyl (C=O) groups excluding carboxylic acids is 1. The summed E-state index contributed by atoms with van der Waals surface area (Å²) in [4.78, 5) is 16.3. The molecule has 0 fully saturated rings. The lowest BCUT2D eigenvalue weighted by atomic mass is 9.98. The number of aromatic nitrogens is 2. The van der Waals surface area contributed by atoms with Crippen LogP contribution in [0.3, 0.4) is 0 Å². The second-order valence-electron chi connectivity index (χ2n) is 7.86. The second kappa shape index (κ2) is 11.0. The first kappa shape index (κ1) is 25.0. The summed E-state index contributed by atoms with van der Waals surface area (Å²) in [7, 11) is 0. The number of ether oxygens (including phenoxy) is 1. The third kappa shape index (κ3) is 6.92. The van der Waals surface area contributed by atoms with Crippen LogP contribution in [0, 0.1) is 5.92 Å². The summed E-state index contributed by atoms with van der Waals surface area (Å²) in [6.07, 6.45) is -3.47. The zero-order valence-corrected chi connectivity index (χ0v) is 18.5. The lowest BCUT2D eigenvalue weighted by Crippen LogP contribution is -2.43. The molecule has 3 rings (SSSR count). The second-order valence-corrected chi connectivity index (χ2v) is 7.86. The smallest absolute Gasteiger partial charge is 0.416 e. The van der Waals surface area contributed by atoms with Crippen LogP contribution < -0.4 is 5.32 Å². The van der Waals surface area contributed by atoms with Gasteiger partial charge in [-0.05, 0) is 35.3 Å². The summed E-state index contributed by atoms with van der Waals surface area (Å²) in [5, 5.41) is 17.1. The van der Waals surface area contributed by atoms with E-state index in [1.54, 1.807) is 13.8 Å². The molecule has 1 amide bonds. The molecule has 1 heterocycles. The number of alkyl carbamates (subject to hydrolysis) is 1. The number of amides is 1. The minimum Gasteiger partial charge on any atom is -0.445 e. The zero-order valence-electron chi connectivity index (χ0n) is 18.5. The van der Waals surface area contributed by atoms with E-state index in [1.807, 2.05) is 30.3 Å². The van der Waals surface area contributed by atoms with Gasteiger partial charge in [0.15, 0.2) is 0 Å². The number of alkyl halides is 3. The van der Waals surface area contributed by atoms with Gasteiger partial charge in [-0.1, -0.05) is 61.5 Å². The first-order valence-corrected chi connectivity index (χ1v) is 10.5. The maximum atomic E-state index is 12.7. The molecule has 0 saturated carbocycles. The van der Waals surface area contributed by atoms with Crippen LogP contribution in [0.2, 0.25) is 0 Å². The van der Waals surface area contributed by atoms with E-state index in [2.05, 4.69) is 15.5 Å². The average molecular weight is 475 g/mol. The SMILES string of the molecule is CC(C)[C@H](NC(=O)OCc1ccccc1)C(O)c1noc(/C=C/c2ccc(C(F)(F)F)cc2)n1. The molecule has 2 aromatic carbocycles. The lowest BCUT2D eigenvalue weighted by Gasteiger charge is -2.25. The number of halogens is 3. The molecule has 34 heavy (non-hydrogen) atoms. The maximum absolute atomic E-state index is 12.7. The van der Waals surface area contributed by atoms with E-state index < -0.39 is 30.0 Å². The third-order valence-electron chi connectivity index (χ3n) is 4.93. The van der Waals surface area contributed by atoms with E-state index in [0.29, 0.717) is 5.56 Å². The third-order valence-corrected chi connectivity index (χ3v) is 4.93. The molecular formula is C24H24F3N3O4. The summed E-state index contributed by atoms with van der Waals surface area (Å²) < 4.78 is 48.3. The van der Waals surface area contributed by atoms with E-state index >= 15 is 0 Å². The van der Waals surface area contributed by atoms with Gasteiger partial charge in [0.2, 0.25) is 5.82 Å². The van der Waals surface area contributed by atoms with E-state index in [1.165, 1.54) is 24.3 Å². The minimum atomic E-state index is -4.41. The fraction of sp³-hybridized carbons (Fsp3) is 0.292. The summed E-state index contributed by atoms with van der Waals surface area (Å²) in [6.45, 7) is 3.68. The molecule has 7 nitrogen and oxygen atoms in total. The molecule has 1 aromatic heterocycles. The number of hydrogen-bond donors (Lipinski definition) is 2. The molecule has 0 saturated heterocycles. The van der Waals surface area contributed by atoms with Gasteiger partial charge < -0.3 is 19.7 Å². The summed E-state index contributed by atoms with van der Waals surface area (Å²) in [5.41, 5.74) is 0.570. The van der Waals surface area contributed by atoms with Crippen LogP contribution in [0.25, 0.3) is 12.2 Å². The summed E-state index contributed by atoms with van der Waals surface area (Å²) in [5.74, 6) is -0.193. The Morgan fingerprint density at radius 3 is 2.41 bits per heavy atom. The highest BCUT2D eigenvalue weighted by Gasteiger charge is 2.31. The van der Waals surface area contributed by atoms with Crippen molar-refractivity contribution < 1.29 is 32.3 Å². The van der Waals surface area contributed by atoms with E-state index in [0.717, 1.165) is 17.7 Å². The highest BCUT2D eigenvalue weighted by atomic mass is 19.4. The van der Waals surface area contributed by atoms with Gasteiger partial charge in [0.25, 0.3) is 5.89 Å². The normalized spacial score (nSPS) is 13.7. The largest absolute Gasteiger partial charge is 0.445 e. The fourth-order valence-corrected chi connectivity index (χ4v) is 3.06. The van der Waals surface area contributed by atoms with E-state index in [-0.39, 0.29) is 24.2 Å². The average Bonchev–Trinajstić information content (AvgIpc) is 3.29. The molecule has 0 aliphatic carbocycles. The molecule has 10 heteroatoms. The van der Waals surface area contributed by atoms with Crippen LogP contribution in [0.15, 0.2) is 59.1 Å². The van der Waals surface area contributed by atoms with Crippen LogP contribution in [0.4, 0.5) is 18.0 Å². The van der Waals surface area contributed by atoms with Crippen molar-refractivity contribution in [2.75, 3.05) is 0 Å². The van der Waals surface area contributed by atoms with E-state index in [4.69, 9.17) is 9.26 Å². The Morgan fingerprint density at radius 1 is 1.12 bits per heavy atom. The van der Waals surface area contributed by atoms with Crippen molar-refractivity contribution in [1.82, 2.24) is 15.5 Å². The molecule has 3 aromatic rings. The Hall–Kier alpha value is -3.66. The first-order valence-electron chi connectivity index (χ1n) is 10.5. The van der Waals surface area contributed by atoms with Gasteiger partial charge in [0.05, 0.1) is 11.6 Å². The number of carbonyl (C=O) groups is 1. The predicted molar refractivity (Wildman–Crippen MR) is 118 cm³/mol. The standard InChI is InChI=1S/C24H24F3N3O4/c1-15(2)20(29-23(32)33-14-17-6-4-3-5-7-17)21(31)22-28-19(34-30-22)13-10-16-8-11-18(12-9-16)24(25,26)27/h3-13,15,20-21,31H,14H2,1-2H3,(H,29,32)/b13-10+/t20-,21?/m0/s1. The topological polar surface area (TPSA) is 97.5 Å². The van der Waals surface area contributed by atoms with Crippen molar-refractivity contribution in [3.8, 4) is 0 Å². The highest BCUT2D eigenvalue weighted by Crippen LogP contribution is 2.29. The number of nitrogens with zero attached hydrogens (tertiary/aromatic N) is 2. The van der Waals surface area contributed by atoms with Crippen molar-refractivity contribution >= 4 is 18.2 Å². The quantitative estimate of drug-likeness (QED) is 0.462. The van der Waals surface area contributed by atoms with Gasteiger partial charge >= 0.3 is 12.3 Å². The van der Waals surface area contributed by atoms with Crippen molar-refractivity contribution in [3.05, 3.63) is 83.0 Å². The molecule has 2 atom stereocenters. The van der Waals surface area contributed by atoms with Gasteiger partial charge in [-0.3, -0.25) is 0 Å². The lowest BCUT2D eigenvalue weighted by molar-refractivity contribution is -0.137. The highest BCUT2D eigenvalue weighted by molar-refractivity contribution is 5.68. The van der Waals surface area contributed by atoms with Crippen LogP contribution in [-0.2, 0) is 17.5 Å². The van der Waals surface area contributed by atoms with Crippen molar-refractivity contribution in [2.24, 2.45) is 5.92 Å². The number of hydrogen-bond acceptors (Lipinski definition) is 6. The molecule has 0 radical (unpaired) electrons. The zero-order chi connectivity index (χ0) is 24.7. The van der Waals surface area contributed by atoms with Crippen LogP contribution in [-0.4, -0.2) is 27.4 Å². The summed E-state index contributed by atoms with van der Waals surface area (Å²) >= 11 is 0. The maximum Gasteiger partial charge on any atom is 0.416 e. The summed E-state index contributed by atoms with van der Waals surface area (Å²) in [6, 6.07) is 13.0. The molecule has 2 N–H and O–H groups in total. The number of aliphatic hydroxyl groups is 1. The molecule has 180 valence electrons. The molecule has 0 aliphatic rings.